The van der Waals surface area contributed by atoms with Gasteiger partial charge in [-0.2, -0.15) is 5.10 Å². The molecule has 1 atom stereocenters. The summed E-state index contributed by atoms with van der Waals surface area (Å²) in [6.07, 6.45) is 1.78. The maximum absolute atomic E-state index is 5.84. The number of H-pyrrole nitrogens is 1. The molecule has 0 aliphatic carbocycles. The van der Waals surface area contributed by atoms with Gasteiger partial charge in [0.15, 0.2) is 0 Å². The smallest absolute Gasteiger partial charge is 0.0697 e. The van der Waals surface area contributed by atoms with Crippen molar-refractivity contribution in [1.29, 1.82) is 0 Å². The van der Waals surface area contributed by atoms with E-state index < -0.39 is 0 Å². The van der Waals surface area contributed by atoms with Crippen LogP contribution in [0.25, 0.3) is 11.3 Å². The van der Waals surface area contributed by atoms with Crippen molar-refractivity contribution in [3.05, 3.63) is 42.1 Å². The van der Waals surface area contributed by atoms with Crippen LogP contribution in [0.2, 0.25) is 0 Å². The van der Waals surface area contributed by atoms with Gasteiger partial charge < -0.3 is 5.73 Å². The van der Waals surface area contributed by atoms with E-state index in [1.807, 2.05) is 37.3 Å². The fourth-order valence-electron chi connectivity index (χ4n) is 1.48. The molecule has 0 radical (unpaired) electrons. The Morgan fingerprint density at radius 1 is 1.29 bits per heavy atom. The van der Waals surface area contributed by atoms with E-state index in [1.165, 1.54) is 0 Å². The van der Waals surface area contributed by atoms with Gasteiger partial charge in [0.05, 0.1) is 11.9 Å². The van der Waals surface area contributed by atoms with E-state index in [4.69, 9.17) is 5.73 Å². The largest absolute Gasteiger partial charge is 0.324 e. The second kappa shape index (κ2) is 3.64. The summed E-state index contributed by atoms with van der Waals surface area (Å²) in [5, 5.41) is 6.99. The first-order valence-corrected chi connectivity index (χ1v) is 4.63. The molecule has 0 spiro atoms. The van der Waals surface area contributed by atoms with E-state index in [9.17, 15) is 0 Å². The average molecular weight is 187 g/mol. The van der Waals surface area contributed by atoms with Crippen LogP contribution in [0.4, 0.5) is 0 Å². The molecule has 0 fully saturated rings. The number of aromatic nitrogens is 2. The molecule has 0 saturated carbocycles. The van der Waals surface area contributed by atoms with E-state index in [-0.39, 0.29) is 6.04 Å². The number of hydrogen-bond acceptors (Lipinski definition) is 2. The van der Waals surface area contributed by atoms with Gasteiger partial charge in [0.2, 0.25) is 0 Å². The first-order valence-electron chi connectivity index (χ1n) is 4.63. The lowest BCUT2D eigenvalue weighted by Crippen LogP contribution is -2.04. The Morgan fingerprint density at radius 3 is 2.64 bits per heavy atom. The molecule has 72 valence electrons. The Balaban J connectivity index is 2.47. The van der Waals surface area contributed by atoms with Crippen LogP contribution < -0.4 is 5.73 Å². The minimum absolute atomic E-state index is 0.00366. The molecule has 3 N–H and O–H groups in total. The van der Waals surface area contributed by atoms with E-state index in [1.54, 1.807) is 6.20 Å². The number of hydrogen-bond donors (Lipinski definition) is 2. The van der Waals surface area contributed by atoms with Crippen LogP contribution in [0, 0.1) is 0 Å². The molecule has 0 amide bonds. The first-order chi connectivity index (χ1) is 6.79. The molecule has 1 heterocycles. The second-order valence-electron chi connectivity index (χ2n) is 3.36. The third kappa shape index (κ3) is 1.54. The quantitative estimate of drug-likeness (QED) is 0.756. The highest BCUT2D eigenvalue weighted by Gasteiger charge is 2.09. The Bertz CT molecular complexity index is 403. The fourth-order valence-corrected chi connectivity index (χ4v) is 1.48. The predicted octanol–water partition coefficient (Wildman–Crippen LogP) is 2.10. The zero-order chi connectivity index (χ0) is 9.97. The van der Waals surface area contributed by atoms with Gasteiger partial charge in [-0.1, -0.05) is 30.3 Å². The van der Waals surface area contributed by atoms with Gasteiger partial charge >= 0.3 is 0 Å². The third-order valence-electron chi connectivity index (χ3n) is 2.22. The van der Waals surface area contributed by atoms with Gasteiger partial charge in [-0.05, 0) is 12.5 Å². The molecule has 0 bridgehead atoms. The summed E-state index contributed by atoms with van der Waals surface area (Å²) in [5.74, 6) is 0. The maximum atomic E-state index is 5.84. The van der Waals surface area contributed by atoms with Crippen LogP contribution in [-0.2, 0) is 0 Å². The molecular weight excluding hydrogens is 174 g/mol. The topological polar surface area (TPSA) is 54.7 Å². The average Bonchev–Trinajstić information content (AvgIpc) is 2.67. The molecule has 2 rings (SSSR count). The van der Waals surface area contributed by atoms with Crippen molar-refractivity contribution in [2.45, 2.75) is 13.0 Å². The van der Waals surface area contributed by atoms with Crippen molar-refractivity contribution in [3.63, 3.8) is 0 Å². The number of benzene rings is 1. The van der Waals surface area contributed by atoms with Crippen LogP contribution in [0.1, 0.15) is 18.5 Å². The van der Waals surface area contributed by atoms with Crippen molar-refractivity contribution in [2.24, 2.45) is 5.73 Å². The lowest BCUT2D eigenvalue weighted by Gasteiger charge is -2.05. The summed E-state index contributed by atoms with van der Waals surface area (Å²) < 4.78 is 0. The number of rotatable bonds is 2. The van der Waals surface area contributed by atoms with Gasteiger partial charge in [-0.3, -0.25) is 5.10 Å². The number of nitrogens with two attached hydrogens (primary N) is 1. The molecular formula is C11H13N3. The van der Waals surface area contributed by atoms with Gasteiger partial charge in [0.1, 0.15) is 0 Å². The molecule has 1 aromatic carbocycles. The third-order valence-corrected chi connectivity index (χ3v) is 2.22. The molecule has 0 saturated heterocycles. The van der Waals surface area contributed by atoms with Crippen molar-refractivity contribution in [1.82, 2.24) is 10.2 Å². The molecule has 0 aliphatic rings. The summed E-state index contributed by atoms with van der Waals surface area (Å²) in [5.41, 5.74) is 9.03. The SMILES string of the molecule is C[C@H](N)c1cn[nH]c1-c1ccccc1. The van der Waals surface area contributed by atoms with Gasteiger partial charge in [0, 0.05) is 11.6 Å². The molecule has 3 nitrogen and oxygen atoms in total. The number of nitrogens with zero attached hydrogens (tertiary/aromatic N) is 1. The van der Waals surface area contributed by atoms with Crippen molar-refractivity contribution < 1.29 is 0 Å². The maximum Gasteiger partial charge on any atom is 0.0697 e. The Hall–Kier alpha value is -1.61. The van der Waals surface area contributed by atoms with Gasteiger partial charge in [-0.15, -0.1) is 0 Å². The van der Waals surface area contributed by atoms with E-state index in [0.717, 1.165) is 16.8 Å². The van der Waals surface area contributed by atoms with Crippen LogP contribution in [0.5, 0.6) is 0 Å². The van der Waals surface area contributed by atoms with Crippen LogP contribution >= 0.6 is 0 Å². The minimum atomic E-state index is 0.00366. The molecule has 1 aromatic heterocycles. The van der Waals surface area contributed by atoms with Crippen LogP contribution in [0.15, 0.2) is 36.5 Å². The predicted molar refractivity (Wildman–Crippen MR) is 56.6 cm³/mol. The highest BCUT2D eigenvalue weighted by Crippen LogP contribution is 2.23. The zero-order valence-electron chi connectivity index (χ0n) is 8.07. The Labute approximate surface area is 83.0 Å². The fraction of sp³-hybridized carbons (Fsp3) is 0.182. The van der Waals surface area contributed by atoms with Crippen LogP contribution in [0.3, 0.4) is 0 Å². The first kappa shape index (κ1) is 8.97. The minimum Gasteiger partial charge on any atom is -0.324 e. The highest BCUT2D eigenvalue weighted by atomic mass is 15.1. The monoisotopic (exact) mass is 187 g/mol. The summed E-state index contributed by atoms with van der Waals surface area (Å²) in [4.78, 5) is 0. The summed E-state index contributed by atoms with van der Waals surface area (Å²) in [6, 6.07) is 10.1. The van der Waals surface area contributed by atoms with Crippen molar-refractivity contribution in [2.75, 3.05) is 0 Å². The van der Waals surface area contributed by atoms with Crippen LogP contribution in [-0.4, -0.2) is 10.2 Å². The Kier molecular flexibility index (Phi) is 2.33. The van der Waals surface area contributed by atoms with Gasteiger partial charge in [0.25, 0.3) is 0 Å². The van der Waals surface area contributed by atoms with E-state index in [2.05, 4.69) is 10.2 Å². The van der Waals surface area contributed by atoms with Gasteiger partial charge in [-0.25, -0.2) is 0 Å². The molecule has 0 aliphatic heterocycles. The summed E-state index contributed by atoms with van der Waals surface area (Å²) in [7, 11) is 0. The molecule has 2 aromatic rings. The molecule has 0 unspecified atom stereocenters. The normalized spacial score (nSPS) is 12.7. The standard InChI is InChI=1S/C11H13N3/c1-8(12)10-7-13-14-11(10)9-5-3-2-4-6-9/h2-8H,12H2,1H3,(H,13,14)/t8-/m0/s1. The lowest BCUT2D eigenvalue weighted by molar-refractivity contribution is 0.821. The second-order valence-corrected chi connectivity index (χ2v) is 3.36. The van der Waals surface area contributed by atoms with E-state index in [0.29, 0.717) is 0 Å². The molecule has 14 heavy (non-hydrogen) atoms. The van der Waals surface area contributed by atoms with Crippen molar-refractivity contribution in [3.8, 4) is 11.3 Å². The number of nitrogens with one attached hydrogen (secondary N) is 1. The summed E-state index contributed by atoms with van der Waals surface area (Å²) >= 11 is 0. The summed E-state index contributed by atoms with van der Waals surface area (Å²) in [6.45, 7) is 1.96. The molecule has 3 heteroatoms. The lowest BCUT2D eigenvalue weighted by atomic mass is 10.0. The van der Waals surface area contributed by atoms with Crippen molar-refractivity contribution >= 4 is 0 Å². The van der Waals surface area contributed by atoms with E-state index >= 15 is 0 Å². The Morgan fingerprint density at radius 2 is 2.00 bits per heavy atom. The highest BCUT2D eigenvalue weighted by molar-refractivity contribution is 5.62. The zero-order valence-corrected chi connectivity index (χ0v) is 8.07. The number of aromatic amines is 1.